The van der Waals surface area contributed by atoms with Crippen LogP contribution in [0.25, 0.3) is 11.0 Å². The molecular formula is C31H27ClN4O7. The number of hydrogen-bond acceptors (Lipinski definition) is 9. The van der Waals surface area contributed by atoms with Crippen molar-refractivity contribution >= 4 is 57.7 Å². The summed E-state index contributed by atoms with van der Waals surface area (Å²) >= 11 is 6.40. The number of para-hydroxylation sites is 2. The van der Waals surface area contributed by atoms with Crippen molar-refractivity contribution in [2.24, 2.45) is 0 Å². The zero-order valence-corrected chi connectivity index (χ0v) is 23.9. The summed E-state index contributed by atoms with van der Waals surface area (Å²) in [4.78, 5) is 59.7. The van der Waals surface area contributed by atoms with E-state index in [1.165, 1.54) is 36.9 Å². The summed E-state index contributed by atoms with van der Waals surface area (Å²) in [6.45, 7) is 2.67. The fraction of sp³-hybridized carbons (Fsp3) is 0.258. The Morgan fingerprint density at radius 3 is 2.60 bits per heavy atom. The Hall–Kier alpha value is -4.90. The van der Waals surface area contributed by atoms with Crippen LogP contribution >= 0.6 is 11.6 Å². The predicted octanol–water partition coefficient (Wildman–Crippen LogP) is 4.62. The number of nitrogens with zero attached hydrogens (tertiary/aromatic N) is 3. The van der Waals surface area contributed by atoms with Crippen LogP contribution in [0, 0.1) is 0 Å². The first-order valence-electron chi connectivity index (χ1n) is 13.8. The van der Waals surface area contributed by atoms with Gasteiger partial charge in [0.05, 0.1) is 34.1 Å². The van der Waals surface area contributed by atoms with E-state index < -0.39 is 17.8 Å². The molecule has 220 valence electrons. The molecule has 0 spiro atoms. The second kappa shape index (κ2) is 11.8. The second-order valence-corrected chi connectivity index (χ2v) is 10.5. The van der Waals surface area contributed by atoms with Gasteiger partial charge in [-0.3, -0.25) is 19.4 Å². The van der Waals surface area contributed by atoms with E-state index in [0.29, 0.717) is 19.1 Å². The van der Waals surface area contributed by atoms with Gasteiger partial charge in [-0.2, -0.15) is 0 Å². The molecule has 3 heterocycles. The Kier molecular flexibility index (Phi) is 7.73. The molecule has 0 radical (unpaired) electrons. The Labute approximate surface area is 251 Å². The first-order chi connectivity index (χ1) is 20.9. The second-order valence-electron chi connectivity index (χ2n) is 10.1. The lowest BCUT2D eigenvalue weighted by Crippen LogP contribution is -2.45. The number of carbonyl (C=O) groups excluding carboxylic acids is 4. The van der Waals surface area contributed by atoms with Crippen LogP contribution in [0.2, 0.25) is 5.02 Å². The van der Waals surface area contributed by atoms with E-state index in [9.17, 15) is 19.2 Å². The lowest BCUT2D eigenvalue weighted by Gasteiger charge is -2.38. The van der Waals surface area contributed by atoms with Crippen LogP contribution < -0.4 is 19.9 Å². The minimum Gasteiger partial charge on any atom is -0.465 e. The van der Waals surface area contributed by atoms with Crippen LogP contribution in [-0.4, -0.2) is 61.0 Å². The number of pyridine rings is 1. The van der Waals surface area contributed by atoms with Crippen LogP contribution in [0.3, 0.4) is 0 Å². The van der Waals surface area contributed by atoms with Crippen molar-refractivity contribution in [3.63, 3.8) is 0 Å². The quantitative estimate of drug-likeness (QED) is 0.287. The van der Waals surface area contributed by atoms with E-state index in [4.69, 9.17) is 25.5 Å². The number of carbonyl (C=O) groups is 4. The maximum atomic E-state index is 13.8. The van der Waals surface area contributed by atoms with Gasteiger partial charge in [0, 0.05) is 49.0 Å². The SMILES string of the molecule is CCOC(=O)CNC(=O)c1coc2cc(Cl)c(C(=O)Oc3ccncc3C(=O)N3CCN(C4CC4)c4ccccc43)cc12. The number of furan rings is 1. The first kappa shape index (κ1) is 28.2. The molecule has 12 heteroatoms. The number of benzene rings is 2. The van der Waals surface area contributed by atoms with Gasteiger partial charge in [-0.05, 0) is 38.0 Å². The third-order valence-electron chi connectivity index (χ3n) is 7.32. The zero-order chi connectivity index (χ0) is 30.1. The van der Waals surface area contributed by atoms with E-state index in [1.807, 2.05) is 24.3 Å². The van der Waals surface area contributed by atoms with E-state index in [1.54, 1.807) is 11.8 Å². The zero-order valence-electron chi connectivity index (χ0n) is 23.2. The lowest BCUT2D eigenvalue weighted by molar-refractivity contribution is -0.141. The van der Waals surface area contributed by atoms with Gasteiger partial charge in [-0.15, -0.1) is 0 Å². The number of halogens is 1. The molecular weight excluding hydrogens is 576 g/mol. The molecule has 11 nitrogen and oxygen atoms in total. The van der Waals surface area contributed by atoms with Crippen LogP contribution in [0.5, 0.6) is 5.75 Å². The van der Waals surface area contributed by atoms with Gasteiger partial charge in [0.2, 0.25) is 0 Å². The highest BCUT2D eigenvalue weighted by Gasteiger charge is 2.36. The van der Waals surface area contributed by atoms with E-state index in [0.717, 1.165) is 24.2 Å². The summed E-state index contributed by atoms with van der Waals surface area (Å²) in [5.41, 5.74) is 2.20. The highest BCUT2D eigenvalue weighted by molar-refractivity contribution is 6.34. The van der Waals surface area contributed by atoms with Crippen LogP contribution in [0.15, 0.2) is 65.5 Å². The number of rotatable bonds is 8. The molecule has 1 aliphatic heterocycles. The molecule has 1 fully saturated rings. The molecule has 0 saturated heterocycles. The average Bonchev–Trinajstić information content (AvgIpc) is 3.78. The van der Waals surface area contributed by atoms with Crippen molar-refractivity contribution in [2.45, 2.75) is 25.8 Å². The lowest BCUT2D eigenvalue weighted by atomic mass is 10.1. The summed E-state index contributed by atoms with van der Waals surface area (Å²) in [6, 6.07) is 12.5. The number of esters is 2. The van der Waals surface area contributed by atoms with E-state index in [2.05, 4.69) is 15.2 Å². The van der Waals surface area contributed by atoms with Gasteiger partial charge in [0.15, 0.2) is 0 Å². The molecule has 0 bridgehead atoms. The Morgan fingerprint density at radius 1 is 1.05 bits per heavy atom. The molecule has 1 saturated carbocycles. The number of anilines is 2. The molecule has 4 aromatic rings. The van der Waals surface area contributed by atoms with Crippen molar-refractivity contribution in [3.8, 4) is 5.75 Å². The van der Waals surface area contributed by atoms with Crippen molar-refractivity contribution in [2.75, 3.05) is 36.0 Å². The van der Waals surface area contributed by atoms with Gasteiger partial charge in [0.25, 0.3) is 11.8 Å². The molecule has 6 rings (SSSR count). The molecule has 2 aromatic carbocycles. The monoisotopic (exact) mass is 602 g/mol. The molecule has 2 aliphatic rings. The molecule has 0 atom stereocenters. The molecule has 43 heavy (non-hydrogen) atoms. The highest BCUT2D eigenvalue weighted by Crippen LogP contribution is 2.40. The topological polar surface area (TPSA) is 131 Å². The minimum absolute atomic E-state index is 0.0165. The van der Waals surface area contributed by atoms with Crippen molar-refractivity contribution in [3.05, 3.63) is 82.8 Å². The van der Waals surface area contributed by atoms with Gasteiger partial charge in [-0.25, -0.2) is 4.79 Å². The third-order valence-corrected chi connectivity index (χ3v) is 7.63. The number of aromatic nitrogens is 1. The van der Waals surface area contributed by atoms with Gasteiger partial charge >= 0.3 is 11.9 Å². The van der Waals surface area contributed by atoms with Gasteiger partial charge in [-0.1, -0.05) is 23.7 Å². The van der Waals surface area contributed by atoms with Crippen LogP contribution in [0.1, 0.15) is 50.8 Å². The Balaban J connectivity index is 1.25. The molecule has 2 aromatic heterocycles. The van der Waals surface area contributed by atoms with Crippen LogP contribution in [0.4, 0.5) is 11.4 Å². The first-order valence-corrected chi connectivity index (χ1v) is 14.2. The maximum Gasteiger partial charge on any atom is 0.345 e. The number of ether oxygens (including phenoxy) is 2. The largest absolute Gasteiger partial charge is 0.465 e. The normalized spacial score (nSPS) is 14.3. The van der Waals surface area contributed by atoms with E-state index in [-0.39, 0.29) is 57.5 Å². The van der Waals surface area contributed by atoms with Gasteiger partial charge < -0.3 is 29.0 Å². The van der Waals surface area contributed by atoms with Crippen molar-refractivity contribution in [1.82, 2.24) is 10.3 Å². The van der Waals surface area contributed by atoms with E-state index >= 15 is 0 Å². The van der Waals surface area contributed by atoms with Crippen molar-refractivity contribution < 1.29 is 33.1 Å². The molecule has 0 unspecified atom stereocenters. The Bertz CT molecular complexity index is 1750. The van der Waals surface area contributed by atoms with Crippen molar-refractivity contribution in [1.29, 1.82) is 0 Å². The maximum absolute atomic E-state index is 13.8. The minimum atomic E-state index is -0.842. The molecule has 2 amide bonds. The highest BCUT2D eigenvalue weighted by atomic mass is 35.5. The average molecular weight is 603 g/mol. The number of amides is 2. The summed E-state index contributed by atoms with van der Waals surface area (Å²) < 4.78 is 16.0. The molecule has 1 N–H and O–H groups in total. The molecule has 1 aliphatic carbocycles. The summed E-state index contributed by atoms with van der Waals surface area (Å²) in [5.74, 6) is -2.37. The van der Waals surface area contributed by atoms with Gasteiger partial charge in [0.1, 0.15) is 29.7 Å². The summed E-state index contributed by atoms with van der Waals surface area (Å²) in [5, 5.41) is 2.77. The fourth-order valence-corrected chi connectivity index (χ4v) is 5.36. The Morgan fingerprint density at radius 2 is 1.84 bits per heavy atom. The number of nitrogens with one attached hydrogen (secondary N) is 1. The summed E-state index contributed by atoms with van der Waals surface area (Å²) in [6.07, 6.45) is 6.27. The standard InChI is InChI=1S/C31H27ClN4O7/c1-2-41-28(37)16-34-29(38)22-17-42-27-14-23(32)20(13-19(22)27)31(40)43-26-9-10-33-15-21(26)30(39)36-12-11-35(18-7-8-18)24-5-3-4-6-25(24)36/h3-6,9-10,13-15,17-18H,2,7-8,11-12,16H2,1H3,(H,34,38). The van der Waals surface area contributed by atoms with Crippen LogP contribution in [-0.2, 0) is 9.53 Å². The number of fused-ring (bicyclic) bond motifs is 2. The summed E-state index contributed by atoms with van der Waals surface area (Å²) in [7, 11) is 0. The smallest absolute Gasteiger partial charge is 0.345 e. The number of hydrogen-bond donors (Lipinski definition) is 1. The third kappa shape index (κ3) is 5.63. The fourth-order valence-electron chi connectivity index (χ4n) is 5.13. The predicted molar refractivity (Wildman–Crippen MR) is 158 cm³/mol.